The van der Waals surface area contributed by atoms with Gasteiger partial charge in [0, 0.05) is 18.4 Å². The Bertz CT molecular complexity index is 1190. The number of oxime groups is 1. The first kappa shape index (κ1) is 28.6. The molecular weight excluding hydrogens is 504 g/mol. The number of nitrogens with one attached hydrogen (secondary N) is 1. The van der Waals surface area contributed by atoms with E-state index in [1.807, 2.05) is 30.3 Å². The number of rotatable bonds is 9. The maximum atomic E-state index is 12.4. The number of benzene rings is 1. The Morgan fingerprint density at radius 2 is 1.82 bits per heavy atom. The van der Waals surface area contributed by atoms with Gasteiger partial charge in [-0.1, -0.05) is 54.9 Å². The summed E-state index contributed by atoms with van der Waals surface area (Å²) in [6.45, 7) is 6.67. The van der Waals surface area contributed by atoms with Gasteiger partial charge in [0.1, 0.15) is 5.78 Å². The molecule has 5 unspecified atom stereocenters. The Balaban J connectivity index is 1.17. The van der Waals surface area contributed by atoms with Gasteiger partial charge in [-0.15, -0.1) is 0 Å². The summed E-state index contributed by atoms with van der Waals surface area (Å²) in [7, 11) is 0. The molecular formula is C33H44N2O5. The van der Waals surface area contributed by atoms with Crippen LogP contribution >= 0.6 is 0 Å². The van der Waals surface area contributed by atoms with Crippen LogP contribution in [0.4, 0.5) is 0 Å². The molecule has 0 spiro atoms. The second-order valence-corrected chi connectivity index (χ2v) is 13.2. The largest absolute Gasteiger partial charge is 0.481 e. The first-order valence-corrected chi connectivity index (χ1v) is 15.1. The average Bonchev–Trinajstić information content (AvgIpc) is 3.29. The fourth-order valence-corrected chi connectivity index (χ4v) is 9.02. The van der Waals surface area contributed by atoms with Gasteiger partial charge in [-0.3, -0.25) is 14.4 Å². The fourth-order valence-electron chi connectivity index (χ4n) is 9.02. The molecule has 0 aliphatic heterocycles. The lowest BCUT2D eigenvalue weighted by molar-refractivity contribution is -0.137. The Labute approximate surface area is 237 Å². The first-order chi connectivity index (χ1) is 19.1. The molecule has 1 aromatic carbocycles. The lowest BCUT2D eigenvalue weighted by Crippen LogP contribution is -2.51. The molecule has 0 bridgehead atoms. The van der Waals surface area contributed by atoms with Crippen molar-refractivity contribution >= 4 is 23.4 Å². The van der Waals surface area contributed by atoms with Crippen molar-refractivity contribution in [2.24, 2.45) is 39.7 Å². The van der Waals surface area contributed by atoms with E-state index in [4.69, 9.17) is 4.84 Å². The molecule has 3 fully saturated rings. The molecule has 216 valence electrons. The molecule has 1 amide bonds. The van der Waals surface area contributed by atoms with Crippen molar-refractivity contribution < 1.29 is 24.3 Å². The van der Waals surface area contributed by atoms with E-state index in [9.17, 15) is 19.5 Å². The summed E-state index contributed by atoms with van der Waals surface area (Å²) >= 11 is 0. The average molecular weight is 549 g/mol. The van der Waals surface area contributed by atoms with E-state index in [1.54, 1.807) is 6.92 Å². The number of allylic oxidation sites excluding steroid dienone is 2. The zero-order chi connectivity index (χ0) is 28.5. The summed E-state index contributed by atoms with van der Waals surface area (Å²) in [6, 6.07) is 9.37. The van der Waals surface area contributed by atoms with Gasteiger partial charge in [0.2, 0.25) is 0 Å². The number of hydrogen-bond donors (Lipinski definition) is 2. The topological polar surface area (TPSA) is 105 Å². The smallest absolute Gasteiger partial charge is 0.304 e. The van der Waals surface area contributed by atoms with Crippen LogP contribution in [0.5, 0.6) is 0 Å². The molecule has 4 aliphatic carbocycles. The number of hydrogen-bond acceptors (Lipinski definition) is 5. The van der Waals surface area contributed by atoms with E-state index >= 15 is 0 Å². The third kappa shape index (κ3) is 5.48. The van der Waals surface area contributed by atoms with Crippen LogP contribution in [0.1, 0.15) is 90.0 Å². The quantitative estimate of drug-likeness (QED) is 0.374. The third-order valence-electron chi connectivity index (χ3n) is 11.1. The predicted octanol–water partition coefficient (Wildman–Crippen LogP) is 5.90. The van der Waals surface area contributed by atoms with Gasteiger partial charge in [0.15, 0.2) is 6.61 Å². The zero-order valence-corrected chi connectivity index (χ0v) is 24.2. The SMILES string of the molecule is CC(=O)C1CCC2C3CCC4=CC(=NOCC(=O)NCC(CC(=O)O)c5ccccc5)CC[C@]4(C)C3CC[C@]12C. The van der Waals surface area contributed by atoms with Crippen molar-refractivity contribution in [2.45, 2.75) is 84.5 Å². The van der Waals surface area contributed by atoms with Gasteiger partial charge < -0.3 is 15.3 Å². The molecule has 3 saturated carbocycles. The molecule has 1 aromatic rings. The molecule has 40 heavy (non-hydrogen) atoms. The standard InChI is InChI=1S/C33H44N2O5/c1-21(36)27-11-12-28-26-10-9-24-18-25(13-15-32(24,2)29(26)14-16-33(27,28)3)35-40-20-30(37)34-19-23(17-31(38)39)22-7-5-4-6-8-22/h4-8,18,23,26-29H,9-17,19-20H2,1-3H3,(H,34,37)(H,38,39)/t23?,26?,27?,28?,29?,32-,33+/m0/s1. The summed E-state index contributed by atoms with van der Waals surface area (Å²) in [4.78, 5) is 41.6. The van der Waals surface area contributed by atoms with E-state index in [0.717, 1.165) is 43.4 Å². The van der Waals surface area contributed by atoms with E-state index in [1.165, 1.54) is 24.8 Å². The Kier molecular flexibility index (Phi) is 8.21. The highest BCUT2D eigenvalue weighted by Crippen LogP contribution is 2.66. The number of fused-ring (bicyclic) bond motifs is 5. The normalized spacial score (nSPS) is 34.6. The van der Waals surface area contributed by atoms with Gasteiger partial charge >= 0.3 is 5.97 Å². The second kappa shape index (κ2) is 11.5. The van der Waals surface area contributed by atoms with Crippen LogP contribution in [0.3, 0.4) is 0 Å². The molecule has 7 heteroatoms. The van der Waals surface area contributed by atoms with Crippen molar-refractivity contribution in [1.82, 2.24) is 5.32 Å². The Morgan fingerprint density at radius 1 is 1.05 bits per heavy atom. The summed E-state index contributed by atoms with van der Waals surface area (Å²) in [5, 5.41) is 16.4. The van der Waals surface area contributed by atoms with Crippen LogP contribution in [-0.2, 0) is 19.2 Å². The molecule has 0 aromatic heterocycles. The Hall–Kier alpha value is -2.96. The minimum atomic E-state index is -0.900. The molecule has 5 rings (SSSR count). The summed E-state index contributed by atoms with van der Waals surface area (Å²) in [6.07, 6.45) is 10.9. The van der Waals surface area contributed by atoms with Gasteiger partial charge in [0.05, 0.1) is 12.1 Å². The molecule has 2 N–H and O–H groups in total. The molecule has 0 heterocycles. The zero-order valence-electron chi connectivity index (χ0n) is 24.2. The summed E-state index contributed by atoms with van der Waals surface area (Å²) < 4.78 is 0. The minimum absolute atomic E-state index is 0.0566. The van der Waals surface area contributed by atoms with Crippen molar-refractivity contribution in [3.63, 3.8) is 0 Å². The van der Waals surface area contributed by atoms with Crippen LogP contribution in [0, 0.1) is 34.5 Å². The number of carboxylic acids is 1. The summed E-state index contributed by atoms with van der Waals surface area (Å²) in [5.74, 6) is 1.13. The molecule has 7 nitrogen and oxygen atoms in total. The maximum Gasteiger partial charge on any atom is 0.304 e. The van der Waals surface area contributed by atoms with Gasteiger partial charge in [-0.25, -0.2) is 0 Å². The maximum absolute atomic E-state index is 12.4. The van der Waals surface area contributed by atoms with Gasteiger partial charge in [0.25, 0.3) is 5.91 Å². The summed E-state index contributed by atoms with van der Waals surface area (Å²) in [5.41, 5.74) is 3.59. The monoisotopic (exact) mass is 548 g/mol. The van der Waals surface area contributed by atoms with Crippen LogP contribution in [0.25, 0.3) is 0 Å². The van der Waals surface area contributed by atoms with Crippen LogP contribution in [0.2, 0.25) is 0 Å². The number of ketones is 1. The van der Waals surface area contributed by atoms with E-state index in [2.05, 4.69) is 30.4 Å². The molecule has 4 aliphatic rings. The lowest BCUT2D eigenvalue weighted by atomic mass is 9.46. The van der Waals surface area contributed by atoms with E-state index in [-0.39, 0.29) is 48.1 Å². The highest BCUT2D eigenvalue weighted by molar-refractivity contribution is 5.96. The van der Waals surface area contributed by atoms with Gasteiger partial charge in [-0.2, -0.15) is 0 Å². The number of amides is 1. The number of carboxylic acid groups (broad SMARTS) is 1. The third-order valence-corrected chi connectivity index (χ3v) is 11.1. The number of aliphatic carboxylic acids is 1. The minimum Gasteiger partial charge on any atom is -0.481 e. The van der Waals surface area contributed by atoms with E-state index in [0.29, 0.717) is 23.5 Å². The van der Waals surface area contributed by atoms with Crippen molar-refractivity contribution in [3.8, 4) is 0 Å². The van der Waals surface area contributed by atoms with Crippen molar-refractivity contribution in [3.05, 3.63) is 47.5 Å². The number of carbonyl (C=O) groups is 3. The van der Waals surface area contributed by atoms with Gasteiger partial charge in [-0.05, 0) is 98.5 Å². The highest BCUT2D eigenvalue weighted by atomic mass is 16.6. The van der Waals surface area contributed by atoms with Crippen molar-refractivity contribution in [2.75, 3.05) is 13.2 Å². The Morgan fingerprint density at radius 3 is 2.55 bits per heavy atom. The van der Waals surface area contributed by atoms with Crippen LogP contribution in [-0.4, -0.2) is 41.6 Å². The number of Topliss-reactive ketones (excluding diaryl/α,β-unsaturated/α-hetero) is 1. The molecule has 0 radical (unpaired) electrons. The highest BCUT2D eigenvalue weighted by Gasteiger charge is 2.59. The fraction of sp³-hybridized carbons (Fsp3) is 0.636. The van der Waals surface area contributed by atoms with E-state index < -0.39 is 5.97 Å². The second-order valence-electron chi connectivity index (χ2n) is 13.2. The lowest BCUT2D eigenvalue weighted by Gasteiger charge is -2.58. The molecule has 0 saturated heterocycles. The molecule has 7 atom stereocenters. The van der Waals surface area contributed by atoms with Crippen LogP contribution < -0.4 is 5.32 Å². The van der Waals surface area contributed by atoms with Crippen LogP contribution in [0.15, 0.2) is 47.1 Å². The number of nitrogens with zero attached hydrogens (tertiary/aromatic N) is 1. The number of carbonyl (C=O) groups excluding carboxylic acids is 2. The van der Waals surface area contributed by atoms with Crippen molar-refractivity contribution in [1.29, 1.82) is 0 Å². The first-order valence-electron chi connectivity index (χ1n) is 15.1. The predicted molar refractivity (Wildman–Crippen MR) is 154 cm³/mol.